The summed E-state index contributed by atoms with van der Waals surface area (Å²) < 4.78 is 0. The molecule has 4 amide bonds. The summed E-state index contributed by atoms with van der Waals surface area (Å²) in [7, 11) is 0. The molecule has 0 aliphatic carbocycles. The molecule has 7 heteroatoms. The number of fused-ring (bicyclic) bond motifs is 1. The number of carbonyl (C=O) groups excluding carboxylic acids is 4. The van der Waals surface area contributed by atoms with Gasteiger partial charge in [-0.05, 0) is 44.2 Å². The molecule has 1 aromatic carbocycles. The predicted molar refractivity (Wildman–Crippen MR) is 93.9 cm³/mol. The maximum absolute atomic E-state index is 13.2. The van der Waals surface area contributed by atoms with Crippen LogP contribution in [0, 0.1) is 6.92 Å². The van der Waals surface area contributed by atoms with Crippen molar-refractivity contribution in [3.05, 3.63) is 28.8 Å². The van der Waals surface area contributed by atoms with Gasteiger partial charge in [0, 0.05) is 19.5 Å². The number of aryl methyl sites for hydroxylation is 1. The first-order valence-electron chi connectivity index (χ1n) is 9.09. The predicted octanol–water partition coefficient (Wildman–Crippen LogP) is 1.39. The molecule has 26 heavy (non-hydrogen) atoms. The zero-order chi connectivity index (χ0) is 18.4. The summed E-state index contributed by atoms with van der Waals surface area (Å²) in [5.41, 5.74) is 2.53. The van der Waals surface area contributed by atoms with Crippen molar-refractivity contribution in [2.75, 3.05) is 18.0 Å². The summed E-state index contributed by atoms with van der Waals surface area (Å²) in [5.74, 6) is -1.82. The smallest absolute Gasteiger partial charge is 0.264 e. The quantitative estimate of drug-likeness (QED) is 0.810. The molecule has 136 valence electrons. The lowest BCUT2D eigenvalue weighted by Gasteiger charge is -2.32. The van der Waals surface area contributed by atoms with E-state index in [9.17, 15) is 19.2 Å². The summed E-state index contributed by atoms with van der Waals surface area (Å²) in [6, 6.07) is 2.61. The van der Waals surface area contributed by atoms with Crippen molar-refractivity contribution in [2.45, 2.75) is 45.1 Å². The summed E-state index contributed by atoms with van der Waals surface area (Å²) in [6.45, 7) is 3.66. The van der Waals surface area contributed by atoms with Crippen molar-refractivity contribution >= 4 is 29.3 Å². The number of carbonyl (C=O) groups is 4. The lowest BCUT2D eigenvalue weighted by molar-refractivity contribution is -0.136. The Bertz CT molecular complexity index is 826. The molecule has 4 rings (SSSR count). The van der Waals surface area contributed by atoms with Gasteiger partial charge in [0.2, 0.25) is 11.8 Å². The second-order valence-corrected chi connectivity index (χ2v) is 7.15. The highest BCUT2D eigenvalue weighted by atomic mass is 16.2. The van der Waals surface area contributed by atoms with E-state index in [1.807, 2.05) is 13.0 Å². The standard InChI is InChI=1S/C19H21N3O4/c1-11-5-6-12-15(16(11)21-9-3-2-4-10-21)19(26)22(18(12)25)13-7-8-14(23)20-17(13)24/h5-6,13H,2-4,7-10H2,1H3,(H,20,23,24). The van der Waals surface area contributed by atoms with E-state index in [0.29, 0.717) is 11.1 Å². The molecular formula is C19H21N3O4. The molecule has 3 heterocycles. The average molecular weight is 355 g/mol. The monoisotopic (exact) mass is 355 g/mol. The van der Waals surface area contributed by atoms with Gasteiger partial charge in [-0.3, -0.25) is 29.4 Å². The zero-order valence-corrected chi connectivity index (χ0v) is 14.7. The van der Waals surface area contributed by atoms with Crippen molar-refractivity contribution in [2.24, 2.45) is 0 Å². The number of amides is 4. The number of hydrogen-bond acceptors (Lipinski definition) is 5. The first kappa shape index (κ1) is 16.8. The first-order chi connectivity index (χ1) is 12.5. The molecule has 7 nitrogen and oxygen atoms in total. The van der Waals surface area contributed by atoms with Gasteiger partial charge in [-0.25, -0.2) is 0 Å². The van der Waals surface area contributed by atoms with E-state index in [1.165, 1.54) is 6.42 Å². The molecule has 0 radical (unpaired) electrons. The van der Waals surface area contributed by atoms with E-state index < -0.39 is 23.8 Å². The molecule has 2 fully saturated rings. The summed E-state index contributed by atoms with van der Waals surface area (Å²) in [4.78, 5) is 52.9. The Labute approximate surface area is 151 Å². The van der Waals surface area contributed by atoms with E-state index in [-0.39, 0.29) is 18.7 Å². The number of benzene rings is 1. The fourth-order valence-corrected chi connectivity index (χ4v) is 4.17. The number of piperidine rings is 2. The van der Waals surface area contributed by atoms with Crippen molar-refractivity contribution in [3.8, 4) is 0 Å². The van der Waals surface area contributed by atoms with Crippen molar-refractivity contribution < 1.29 is 19.2 Å². The minimum absolute atomic E-state index is 0.127. The average Bonchev–Trinajstić information content (AvgIpc) is 2.87. The van der Waals surface area contributed by atoms with Crippen LogP contribution in [-0.2, 0) is 9.59 Å². The van der Waals surface area contributed by atoms with Crippen LogP contribution in [0.4, 0.5) is 5.69 Å². The summed E-state index contributed by atoms with van der Waals surface area (Å²) in [5, 5.41) is 2.23. The molecule has 3 aliphatic rings. The van der Waals surface area contributed by atoms with Gasteiger partial charge in [0.25, 0.3) is 11.8 Å². The molecule has 3 aliphatic heterocycles. The molecule has 1 atom stereocenters. The largest absolute Gasteiger partial charge is 0.371 e. The van der Waals surface area contributed by atoms with Crippen LogP contribution in [0.3, 0.4) is 0 Å². The lowest BCUT2D eigenvalue weighted by atomic mass is 10.00. The van der Waals surface area contributed by atoms with Gasteiger partial charge in [0.05, 0.1) is 16.8 Å². The Morgan fingerprint density at radius 2 is 1.73 bits per heavy atom. The van der Waals surface area contributed by atoms with Gasteiger partial charge >= 0.3 is 0 Å². The second kappa shape index (κ2) is 6.23. The van der Waals surface area contributed by atoms with E-state index in [0.717, 1.165) is 42.1 Å². The highest BCUT2D eigenvalue weighted by molar-refractivity contribution is 6.25. The van der Waals surface area contributed by atoms with Crippen LogP contribution in [0.15, 0.2) is 12.1 Å². The molecule has 0 bridgehead atoms. The third-order valence-electron chi connectivity index (χ3n) is 5.46. The van der Waals surface area contributed by atoms with Crippen LogP contribution in [-0.4, -0.2) is 47.7 Å². The number of nitrogens with zero attached hydrogens (tertiary/aromatic N) is 2. The number of hydrogen-bond donors (Lipinski definition) is 1. The van der Waals surface area contributed by atoms with Crippen molar-refractivity contribution in [1.29, 1.82) is 0 Å². The van der Waals surface area contributed by atoms with Crippen molar-refractivity contribution in [3.63, 3.8) is 0 Å². The molecule has 1 N–H and O–H groups in total. The molecular weight excluding hydrogens is 334 g/mol. The van der Waals surface area contributed by atoms with Gasteiger partial charge in [-0.2, -0.15) is 0 Å². The van der Waals surface area contributed by atoms with Crippen LogP contribution in [0.25, 0.3) is 0 Å². The molecule has 0 saturated carbocycles. The van der Waals surface area contributed by atoms with Crippen LogP contribution < -0.4 is 10.2 Å². The van der Waals surface area contributed by atoms with Gasteiger partial charge in [-0.15, -0.1) is 0 Å². The summed E-state index contributed by atoms with van der Waals surface area (Å²) >= 11 is 0. The fourth-order valence-electron chi connectivity index (χ4n) is 4.17. The molecule has 2 saturated heterocycles. The van der Waals surface area contributed by atoms with Crippen LogP contribution in [0.1, 0.15) is 58.4 Å². The minimum Gasteiger partial charge on any atom is -0.371 e. The van der Waals surface area contributed by atoms with E-state index >= 15 is 0 Å². The van der Waals surface area contributed by atoms with Gasteiger partial charge in [-0.1, -0.05) is 6.07 Å². The van der Waals surface area contributed by atoms with Gasteiger partial charge < -0.3 is 4.90 Å². The van der Waals surface area contributed by atoms with Crippen LogP contribution >= 0.6 is 0 Å². The lowest BCUT2D eigenvalue weighted by Crippen LogP contribution is -2.54. The molecule has 1 unspecified atom stereocenters. The zero-order valence-electron chi connectivity index (χ0n) is 14.7. The van der Waals surface area contributed by atoms with E-state index in [1.54, 1.807) is 6.07 Å². The topological polar surface area (TPSA) is 86.8 Å². The van der Waals surface area contributed by atoms with Gasteiger partial charge in [0.15, 0.2) is 0 Å². The Hall–Kier alpha value is -2.70. The third-order valence-corrected chi connectivity index (χ3v) is 5.46. The molecule has 0 spiro atoms. The fraction of sp³-hybridized carbons (Fsp3) is 0.474. The van der Waals surface area contributed by atoms with Crippen LogP contribution in [0.5, 0.6) is 0 Å². The maximum Gasteiger partial charge on any atom is 0.264 e. The van der Waals surface area contributed by atoms with Crippen molar-refractivity contribution in [1.82, 2.24) is 10.2 Å². The van der Waals surface area contributed by atoms with E-state index in [2.05, 4.69) is 10.2 Å². The Morgan fingerprint density at radius 1 is 1.00 bits per heavy atom. The van der Waals surface area contributed by atoms with Gasteiger partial charge in [0.1, 0.15) is 6.04 Å². The SMILES string of the molecule is Cc1ccc2c(c1N1CCCCC1)C(=O)N(C1CCC(=O)NC1=O)C2=O. The highest BCUT2D eigenvalue weighted by Crippen LogP contribution is 2.37. The summed E-state index contributed by atoms with van der Waals surface area (Å²) in [6.07, 6.45) is 3.58. The number of anilines is 1. The molecule has 0 aromatic heterocycles. The van der Waals surface area contributed by atoms with E-state index in [4.69, 9.17) is 0 Å². The third kappa shape index (κ3) is 2.50. The minimum atomic E-state index is -0.922. The van der Waals surface area contributed by atoms with Crippen LogP contribution in [0.2, 0.25) is 0 Å². The molecule has 1 aromatic rings. The first-order valence-corrected chi connectivity index (χ1v) is 9.09. The maximum atomic E-state index is 13.2. The second-order valence-electron chi connectivity index (χ2n) is 7.15. The Kier molecular flexibility index (Phi) is 4.01. The normalized spacial score (nSPS) is 23.3. The number of nitrogens with one attached hydrogen (secondary N) is 1. The number of rotatable bonds is 2. The highest BCUT2D eigenvalue weighted by Gasteiger charge is 2.46. The number of imide groups is 2. The Balaban J connectivity index is 1.74. The Morgan fingerprint density at radius 3 is 2.42 bits per heavy atom.